The van der Waals surface area contributed by atoms with Crippen molar-refractivity contribution >= 4 is 86.6 Å². The average Bonchev–Trinajstić information content (AvgIpc) is 0.823. The molecule has 0 bridgehead atoms. The molecule has 10 amide bonds. The van der Waals surface area contributed by atoms with Crippen LogP contribution in [0.1, 0.15) is 87.8 Å². The lowest BCUT2D eigenvalue weighted by molar-refractivity contribution is -0.145. The lowest BCUT2D eigenvalue weighted by Gasteiger charge is -2.33. The number of nitrogens with zero attached hydrogens (tertiary/aromatic N) is 4. The van der Waals surface area contributed by atoms with Crippen LogP contribution < -0.4 is 60.3 Å². The van der Waals surface area contributed by atoms with E-state index in [9.17, 15) is 57.5 Å². The van der Waals surface area contributed by atoms with Gasteiger partial charge in [0.1, 0.15) is 59.8 Å². The quantitative estimate of drug-likeness (QED) is 0.0596. The molecule has 0 aliphatic carbocycles. The van der Waals surface area contributed by atoms with Crippen LogP contribution in [0.25, 0.3) is 0 Å². The minimum atomic E-state index is -1.12. The van der Waals surface area contributed by atoms with Crippen LogP contribution in [0.4, 0.5) is 0 Å². The highest BCUT2D eigenvalue weighted by Gasteiger charge is 2.41. The summed E-state index contributed by atoms with van der Waals surface area (Å²) in [6.45, 7) is 8.95. The van der Waals surface area contributed by atoms with Gasteiger partial charge in [0, 0.05) is 70.2 Å². The summed E-state index contributed by atoms with van der Waals surface area (Å²) in [4.78, 5) is 173. The molecule has 0 unspecified atom stereocenters. The Morgan fingerprint density at radius 2 is 0.611 bits per heavy atom. The summed E-state index contributed by atoms with van der Waals surface area (Å²) in [5.74, 6) is -5.66. The van der Waals surface area contributed by atoms with Crippen molar-refractivity contribution in [3.63, 3.8) is 0 Å². The summed E-state index contributed by atoms with van der Waals surface area (Å²) in [7, 11) is 14.9. The van der Waals surface area contributed by atoms with E-state index in [1.54, 1.807) is 78.9 Å². The number of carbonyl (C=O) groups is 12. The van der Waals surface area contributed by atoms with E-state index in [4.69, 9.17) is 28.4 Å². The summed E-state index contributed by atoms with van der Waals surface area (Å²) in [6, 6.07) is 30.0. The molecule has 8 rings (SSSR count). The molecule has 12 atom stereocenters. The molecule has 29 heteroatoms. The van der Waals surface area contributed by atoms with Crippen molar-refractivity contribution in [2.24, 2.45) is 11.8 Å². The fraction of sp³-hybridized carbons (Fsp3) is 0.429. The normalized spacial score (nSPS) is 23.3. The van der Waals surface area contributed by atoms with Gasteiger partial charge in [-0.2, -0.15) is 0 Å². The van der Waals surface area contributed by atoms with Crippen molar-refractivity contribution < 1.29 is 86.0 Å². The standard InChI is InChI=1S/C42H52BrN5O9.C42H53N5O9/c1-24-38(50)45-25(2)42(54)48(5)34(19-28-14-16-31(55-6)17-15-28)40(52)46-26(3)41(53)47(4)33(18-27-12-10-9-11-13-27)35(49)21-30(39(51)44-24)20-29-22-36(56-7)37(57-8)23-32(29)43;1-25-38(49)44-26(2)42(53)47(5)34(22-29-14-17-32(54-6)18-15-29)40(51)45-27(3)41(52)46(4)33(21-28-12-10-9-11-13-28)35(48)24-31(39(50)43-25)20-30-16-19-36(55-7)37(23-30)56-8/h9-17,22-26,30,33-34H,18-21H2,1-8H3,(H,44,51)(H,45,50)(H,46,52);9-19,23,25-27,31,33-34H,20-22,24H2,1-8H3,(H,43,50)(H,44,49)(H,45,51)/t24-,25+,26+,30-,33+,34+;25-,26+,27+,31-,33+,34+/m11/s1. The number of likely N-dealkylation sites (N-methyl/N-ethyl adjacent to an activating group) is 4. The zero-order valence-electron chi connectivity index (χ0n) is 66.9. The zero-order valence-corrected chi connectivity index (χ0v) is 68.5. The molecular weight excluding hydrogens is 1520 g/mol. The van der Waals surface area contributed by atoms with Crippen LogP contribution in [0, 0.1) is 11.8 Å². The maximum Gasteiger partial charge on any atom is 0.245 e. The molecule has 0 aromatic heterocycles. The highest BCUT2D eigenvalue weighted by atomic mass is 79.9. The smallest absolute Gasteiger partial charge is 0.245 e. The van der Waals surface area contributed by atoms with Crippen LogP contribution in [0.15, 0.2) is 144 Å². The van der Waals surface area contributed by atoms with Crippen LogP contribution in [-0.2, 0) is 96.1 Å². The molecule has 0 saturated carbocycles. The van der Waals surface area contributed by atoms with Gasteiger partial charge in [-0.25, -0.2) is 0 Å². The fourth-order valence-corrected chi connectivity index (χ4v) is 13.9. The number of amides is 10. The minimum Gasteiger partial charge on any atom is -0.497 e. The zero-order chi connectivity index (χ0) is 83.1. The molecule has 2 heterocycles. The number of nitrogens with one attached hydrogen (secondary N) is 6. The van der Waals surface area contributed by atoms with Crippen molar-refractivity contribution in [3.05, 3.63) is 177 Å². The maximum atomic E-state index is 14.5. The van der Waals surface area contributed by atoms with Gasteiger partial charge in [-0.3, -0.25) is 57.5 Å². The van der Waals surface area contributed by atoms with Crippen molar-refractivity contribution in [1.29, 1.82) is 0 Å². The molecular formula is C84H105BrN10O18. The number of halogens is 1. The van der Waals surface area contributed by atoms with Crippen molar-refractivity contribution in [2.75, 3.05) is 70.8 Å². The number of methoxy groups -OCH3 is 6. The maximum absolute atomic E-state index is 14.5. The first-order chi connectivity index (χ1) is 53.7. The van der Waals surface area contributed by atoms with Gasteiger partial charge in [0.15, 0.2) is 34.6 Å². The van der Waals surface area contributed by atoms with E-state index in [2.05, 4.69) is 47.8 Å². The Morgan fingerprint density at radius 1 is 0.310 bits per heavy atom. The topological polar surface area (TPSA) is 345 Å². The first-order valence-electron chi connectivity index (χ1n) is 37.1. The molecule has 6 aromatic carbocycles. The highest BCUT2D eigenvalue weighted by Crippen LogP contribution is 2.36. The van der Waals surface area contributed by atoms with Gasteiger partial charge in [-0.05, 0) is 149 Å². The van der Waals surface area contributed by atoms with Gasteiger partial charge in [-0.15, -0.1) is 0 Å². The number of Topliss-reactive ketones (excluding diaryl/α,β-unsaturated/α-hetero) is 2. The predicted molar refractivity (Wildman–Crippen MR) is 426 cm³/mol. The Kier molecular flexibility index (Phi) is 32.9. The van der Waals surface area contributed by atoms with E-state index in [0.29, 0.717) is 61.2 Å². The molecule has 0 radical (unpaired) electrons. The summed E-state index contributed by atoms with van der Waals surface area (Å²) >= 11 is 3.55. The Morgan fingerprint density at radius 3 is 0.973 bits per heavy atom. The van der Waals surface area contributed by atoms with E-state index in [1.165, 1.54) is 132 Å². The number of hydrogen-bond acceptors (Lipinski definition) is 18. The van der Waals surface area contributed by atoms with E-state index < -0.39 is 143 Å². The largest absolute Gasteiger partial charge is 0.497 e. The lowest BCUT2D eigenvalue weighted by Crippen LogP contribution is -2.59. The fourth-order valence-electron chi connectivity index (χ4n) is 13.4. The van der Waals surface area contributed by atoms with E-state index >= 15 is 0 Å². The van der Waals surface area contributed by atoms with Gasteiger partial charge in [0.2, 0.25) is 59.1 Å². The molecule has 2 fully saturated rings. The Hall–Kier alpha value is -11.4. The van der Waals surface area contributed by atoms with Gasteiger partial charge >= 0.3 is 0 Å². The van der Waals surface area contributed by atoms with Crippen molar-refractivity contribution in [1.82, 2.24) is 51.5 Å². The lowest BCUT2D eigenvalue weighted by atomic mass is 9.88. The van der Waals surface area contributed by atoms with E-state index in [-0.39, 0.29) is 51.4 Å². The summed E-state index contributed by atoms with van der Waals surface area (Å²) in [5.41, 5.74) is 4.29. The van der Waals surface area contributed by atoms with Crippen LogP contribution in [0.5, 0.6) is 34.5 Å². The van der Waals surface area contributed by atoms with Gasteiger partial charge in [0.25, 0.3) is 0 Å². The Balaban J connectivity index is 0.000000313. The summed E-state index contributed by atoms with van der Waals surface area (Å²) in [6.07, 6.45) is -0.0259. The molecule has 2 aliphatic rings. The molecule has 2 saturated heterocycles. The first-order valence-corrected chi connectivity index (χ1v) is 37.9. The molecule has 113 heavy (non-hydrogen) atoms. The first kappa shape index (κ1) is 88.9. The van der Waals surface area contributed by atoms with Gasteiger partial charge in [0.05, 0.1) is 54.7 Å². The second-order valence-corrected chi connectivity index (χ2v) is 29.2. The number of carbonyl (C=O) groups excluding carboxylic acids is 12. The van der Waals surface area contributed by atoms with Crippen molar-refractivity contribution in [3.8, 4) is 34.5 Å². The molecule has 606 valence electrons. The van der Waals surface area contributed by atoms with Crippen LogP contribution in [0.3, 0.4) is 0 Å². The molecule has 28 nitrogen and oxygen atoms in total. The molecule has 2 aliphatic heterocycles. The van der Waals surface area contributed by atoms with Gasteiger partial charge < -0.3 is 79.9 Å². The predicted octanol–water partition coefficient (Wildman–Crippen LogP) is 5.76. The number of ketones is 2. The van der Waals surface area contributed by atoms with Crippen LogP contribution in [-0.4, -0.2) is 222 Å². The van der Waals surface area contributed by atoms with Crippen LogP contribution >= 0.6 is 15.9 Å². The number of ether oxygens (including phenoxy) is 6. The van der Waals surface area contributed by atoms with Crippen LogP contribution in [0.2, 0.25) is 0 Å². The number of rotatable bonds is 18. The SMILES string of the molecule is COc1ccc(C[C@H]2C(=O)N[C@@H](C)C(=O)N(C)[C@@H](Cc3ccccc3)C(=O)C[C@@H](Cc3cc(OC)c(OC)cc3Br)C(=O)N[C@H](C)C(=O)N[C@@H](C)C(=O)N2C)cc1.COc1ccc(C[C@H]2C(=O)N[C@@H](C)C(=O)N(C)[C@@H](Cc3ccccc3)C(=O)C[C@@H](Cc3ccc(OC)c(OC)c3)C(=O)N[C@H](C)C(=O)N[C@@H](C)C(=O)N2C)cc1. The number of benzene rings is 6. The van der Waals surface area contributed by atoms with Gasteiger partial charge in [-0.1, -0.05) is 107 Å². The second kappa shape index (κ2) is 41.8. The van der Waals surface area contributed by atoms with E-state index in [0.717, 1.165) is 11.1 Å². The van der Waals surface area contributed by atoms with E-state index in [1.807, 2.05) is 60.7 Å². The summed E-state index contributed by atoms with van der Waals surface area (Å²) < 4.78 is 32.9. The Bertz CT molecular complexity index is 4340. The van der Waals surface area contributed by atoms with Crippen molar-refractivity contribution in [2.45, 2.75) is 153 Å². The third kappa shape index (κ3) is 24.1. The minimum absolute atomic E-state index is 0.0459. The monoisotopic (exact) mass is 1620 g/mol. The second-order valence-electron chi connectivity index (χ2n) is 28.4. The molecule has 6 aromatic rings. The number of hydrogen-bond donors (Lipinski definition) is 6. The Labute approximate surface area is 668 Å². The summed E-state index contributed by atoms with van der Waals surface area (Å²) in [5, 5.41) is 16.3. The third-order valence-electron chi connectivity index (χ3n) is 20.3. The molecule has 0 spiro atoms. The molecule has 6 N–H and O–H groups in total. The highest BCUT2D eigenvalue weighted by molar-refractivity contribution is 9.10. The third-order valence-corrected chi connectivity index (χ3v) is 21.1. The average molecular weight is 1620 g/mol.